The van der Waals surface area contributed by atoms with Gasteiger partial charge < -0.3 is 9.64 Å². The van der Waals surface area contributed by atoms with E-state index in [9.17, 15) is 0 Å². The number of hydrogen-bond donors (Lipinski definition) is 0. The molecule has 16 heavy (non-hydrogen) atoms. The Balaban J connectivity index is 2.37. The number of halogens is 1. The fourth-order valence-electron chi connectivity index (χ4n) is 1.59. The molecule has 0 spiro atoms. The molecule has 0 saturated carbocycles. The Morgan fingerprint density at radius 2 is 1.81 bits per heavy atom. The molecule has 0 aromatic heterocycles. The Morgan fingerprint density at radius 1 is 1.12 bits per heavy atom. The van der Waals surface area contributed by atoms with Crippen LogP contribution < -0.4 is 9.64 Å². The number of hydrogen-bond acceptors (Lipinski definition) is 2. The minimum atomic E-state index is 0.913. The number of benzene rings is 1. The third-order valence-electron chi connectivity index (χ3n) is 2.64. The second-order valence-electron chi connectivity index (χ2n) is 3.87. The Hall–Kier alpha value is -0.700. The van der Waals surface area contributed by atoms with Crippen LogP contribution in [0.4, 0.5) is 5.69 Å². The monoisotopic (exact) mass is 285 g/mol. The molecular weight excluding hydrogens is 266 g/mol. The van der Waals surface area contributed by atoms with Gasteiger partial charge in [-0.2, -0.15) is 0 Å². The number of alkyl halides is 1. The Bertz CT molecular complexity index is 286. The standard InChI is InChI=1S/C13H20BrNO/c1-15(11-5-3-4-10-14)12-6-8-13(16-2)9-7-12/h6-9H,3-5,10-11H2,1-2H3. The highest BCUT2D eigenvalue weighted by molar-refractivity contribution is 9.09. The summed E-state index contributed by atoms with van der Waals surface area (Å²) < 4.78 is 5.14. The van der Waals surface area contributed by atoms with Crippen molar-refractivity contribution in [3.63, 3.8) is 0 Å². The summed E-state index contributed by atoms with van der Waals surface area (Å²) in [5.41, 5.74) is 1.25. The van der Waals surface area contributed by atoms with E-state index in [0.29, 0.717) is 0 Å². The predicted octanol–water partition coefficient (Wildman–Crippen LogP) is 3.70. The summed E-state index contributed by atoms with van der Waals surface area (Å²) in [5.74, 6) is 0.913. The normalized spacial score (nSPS) is 10.2. The quantitative estimate of drug-likeness (QED) is 0.560. The number of anilines is 1. The maximum absolute atomic E-state index is 5.14. The van der Waals surface area contributed by atoms with Gasteiger partial charge in [-0.15, -0.1) is 0 Å². The minimum absolute atomic E-state index is 0.913. The van der Waals surface area contributed by atoms with Crippen LogP contribution in [0, 0.1) is 0 Å². The van der Waals surface area contributed by atoms with Gasteiger partial charge in [0, 0.05) is 24.6 Å². The first-order valence-corrected chi connectivity index (χ1v) is 6.81. The van der Waals surface area contributed by atoms with Crippen molar-refractivity contribution in [3.8, 4) is 5.75 Å². The number of ether oxygens (including phenoxy) is 1. The van der Waals surface area contributed by atoms with Crippen molar-refractivity contribution in [3.05, 3.63) is 24.3 Å². The summed E-state index contributed by atoms with van der Waals surface area (Å²) in [6.45, 7) is 1.11. The number of nitrogens with zero attached hydrogens (tertiary/aromatic N) is 1. The van der Waals surface area contributed by atoms with E-state index in [1.54, 1.807) is 7.11 Å². The first kappa shape index (κ1) is 13.4. The van der Waals surface area contributed by atoms with Gasteiger partial charge in [-0.1, -0.05) is 22.4 Å². The Kier molecular flexibility index (Phi) is 6.31. The lowest BCUT2D eigenvalue weighted by molar-refractivity contribution is 0.415. The highest BCUT2D eigenvalue weighted by Gasteiger charge is 2.00. The molecule has 0 amide bonds. The summed E-state index contributed by atoms with van der Waals surface area (Å²) >= 11 is 3.45. The second-order valence-corrected chi connectivity index (χ2v) is 4.66. The van der Waals surface area contributed by atoms with E-state index in [4.69, 9.17) is 4.74 Å². The molecule has 0 radical (unpaired) electrons. The van der Waals surface area contributed by atoms with Crippen LogP contribution in [0.3, 0.4) is 0 Å². The molecule has 0 unspecified atom stereocenters. The zero-order chi connectivity index (χ0) is 11.8. The second kappa shape index (κ2) is 7.55. The molecule has 0 bridgehead atoms. The maximum Gasteiger partial charge on any atom is 0.119 e. The van der Waals surface area contributed by atoms with Crippen LogP contribution in [0.2, 0.25) is 0 Å². The van der Waals surface area contributed by atoms with Gasteiger partial charge in [0.25, 0.3) is 0 Å². The first-order chi connectivity index (χ1) is 7.77. The fourth-order valence-corrected chi connectivity index (χ4v) is 1.98. The summed E-state index contributed by atoms with van der Waals surface area (Å²) in [5, 5.41) is 1.11. The van der Waals surface area contributed by atoms with Crippen molar-refractivity contribution < 1.29 is 4.74 Å². The maximum atomic E-state index is 5.14. The third kappa shape index (κ3) is 4.44. The number of rotatable bonds is 7. The molecule has 1 aromatic carbocycles. The van der Waals surface area contributed by atoms with E-state index in [1.165, 1.54) is 24.9 Å². The van der Waals surface area contributed by atoms with Crippen LogP contribution in [-0.4, -0.2) is 26.0 Å². The van der Waals surface area contributed by atoms with Crippen molar-refractivity contribution in [2.45, 2.75) is 19.3 Å². The molecule has 0 N–H and O–H groups in total. The predicted molar refractivity (Wildman–Crippen MR) is 73.9 cm³/mol. The molecule has 0 saturated heterocycles. The molecule has 1 aromatic rings. The zero-order valence-electron chi connectivity index (χ0n) is 10.1. The van der Waals surface area contributed by atoms with Crippen LogP contribution in [0.15, 0.2) is 24.3 Å². The van der Waals surface area contributed by atoms with E-state index in [-0.39, 0.29) is 0 Å². The summed E-state index contributed by atoms with van der Waals surface area (Å²) in [6.07, 6.45) is 3.79. The van der Waals surface area contributed by atoms with Gasteiger partial charge in [-0.3, -0.25) is 0 Å². The van der Waals surface area contributed by atoms with Crippen molar-refractivity contribution in [1.29, 1.82) is 0 Å². The molecule has 0 aliphatic heterocycles. The molecule has 3 heteroatoms. The van der Waals surface area contributed by atoms with Crippen molar-refractivity contribution in [1.82, 2.24) is 0 Å². The highest BCUT2D eigenvalue weighted by Crippen LogP contribution is 2.18. The fraction of sp³-hybridized carbons (Fsp3) is 0.538. The molecular formula is C13H20BrNO. The van der Waals surface area contributed by atoms with Gasteiger partial charge in [0.05, 0.1) is 7.11 Å². The largest absolute Gasteiger partial charge is 0.497 e. The smallest absolute Gasteiger partial charge is 0.119 e. The van der Waals surface area contributed by atoms with E-state index in [0.717, 1.165) is 17.6 Å². The number of unbranched alkanes of at least 4 members (excludes halogenated alkanes) is 2. The van der Waals surface area contributed by atoms with Crippen molar-refractivity contribution in [2.75, 3.05) is 30.9 Å². The lowest BCUT2D eigenvalue weighted by atomic mass is 10.2. The van der Waals surface area contributed by atoms with Gasteiger partial charge in [0.1, 0.15) is 5.75 Å². The summed E-state index contributed by atoms with van der Waals surface area (Å²) in [7, 11) is 3.83. The molecule has 90 valence electrons. The van der Waals surface area contributed by atoms with E-state index < -0.39 is 0 Å². The van der Waals surface area contributed by atoms with Gasteiger partial charge >= 0.3 is 0 Å². The van der Waals surface area contributed by atoms with E-state index in [2.05, 4.69) is 40.0 Å². The Morgan fingerprint density at radius 3 is 2.38 bits per heavy atom. The molecule has 0 atom stereocenters. The molecule has 0 aliphatic rings. The minimum Gasteiger partial charge on any atom is -0.497 e. The van der Waals surface area contributed by atoms with Crippen LogP contribution in [-0.2, 0) is 0 Å². The topological polar surface area (TPSA) is 12.5 Å². The van der Waals surface area contributed by atoms with E-state index >= 15 is 0 Å². The van der Waals surface area contributed by atoms with Crippen LogP contribution in [0.25, 0.3) is 0 Å². The molecule has 0 heterocycles. The van der Waals surface area contributed by atoms with Crippen molar-refractivity contribution in [2.24, 2.45) is 0 Å². The molecule has 2 nitrogen and oxygen atoms in total. The first-order valence-electron chi connectivity index (χ1n) is 5.69. The van der Waals surface area contributed by atoms with Crippen LogP contribution >= 0.6 is 15.9 Å². The summed E-state index contributed by atoms with van der Waals surface area (Å²) in [6, 6.07) is 8.21. The van der Waals surface area contributed by atoms with Gasteiger partial charge in [0.2, 0.25) is 0 Å². The average Bonchev–Trinajstić information content (AvgIpc) is 2.34. The van der Waals surface area contributed by atoms with Gasteiger partial charge in [-0.25, -0.2) is 0 Å². The number of methoxy groups -OCH3 is 1. The van der Waals surface area contributed by atoms with Crippen LogP contribution in [0.1, 0.15) is 19.3 Å². The van der Waals surface area contributed by atoms with Crippen LogP contribution in [0.5, 0.6) is 5.75 Å². The Labute approximate surface area is 107 Å². The van der Waals surface area contributed by atoms with Gasteiger partial charge in [-0.05, 0) is 37.1 Å². The lowest BCUT2D eigenvalue weighted by Crippen LogP contribution is -2.18. The lowest BCUT2D eigenvalue weighted by Gasteiger charge is -2.19. The molecule has 1 rings (SSSR count). The van der Waals surface area contributed by atoms with Crippen molar-refractivity contribution >= 4 is 21.6 Å². The third-order valence-corrected chi connectivity index (χ3v) is 3.20. The molecule has 0 fully saturated rings. The average molecular weight is 286 g/mol. The van der Waals surface area contributed by atoms with E-state index in [1.807, 2.05) is 12.1 Å². The SMILES string of the molecule is COc1ccc(N(C)CCCCCBr)cc1. The summed E-state index contributed by atoms with van der Waals surface area (Å²) in [4.78, 5) is 2.29. The van der Waals surface area contributed by atoms with Gasteiger partial charge in [0.15, 0.2) is 0 Å². The highest BCUT2D eigenvalue weighted by atomic mass is 79.9. The molecule has 0 aliphatic carbocycles. The zero-order valence-corrected chi connectivity index (χ0v) is 11.7.